The second-order valence-electron chi connectivity index (χ2n) is 8.04. The number of carbonyl (C=O) groups is 1. The highest BCUT2D eigenvalue weighted by Crippen LogP contribution is 2.32. The molecule has 0 aliphatic carbocycles. The van der Waals surface area contributed by atoms with E-state index in [1.807, 2.05) is 0 Å². The van der Waals surface area contributed by atoms with E-state index in [1.54, 1.807) is 42.5 Å². The van der Waals surface area contributed by atoms with Gasteiger partial charge in [0, 0.05) is 6.54 Å². The van der Waals surface area contributed by atoms with Gasteiger partial charge in [-0.15, -0.1) is 0 Å². The first-order valence-corrected chi connectivity index (χ1v) is 10.9. The molecule has 2 aromatic heterocycles. The van der Waals surface area contributed by atoms with E-state index in [0.29, 0.717) is 29.1 Å². The van der Waals surface area contributed by atoms with Gasteiger partial charge >= 0.3 is 5.97 Å². The van der Waals surface area contributed by atoms with Crippen LogP contribution in [0.4, 0.5) is 10.2 Å². The molecule has 3 N–H and O–H groups in total. The molecule has 0 unspecified atom stereocenters. The number of halogens is 1. The molecule has 1 aliphatic heterocycles. The number of imidazole rings is 1. The fourth-order valence-corrected chi connectivity index (χ4v) is 3.91. The number of nitrogens with one attached hydrogen (secondary N) is 1. The van der Waals surface area contributed by atoms with Gasteiger partial charge in [0.2, 0.25) is 0 Å². The smallest absolute Gasteiger partial charge is 0.338 e. The van der Waals surface area contributed by atoms with Gasteiger partial charge in [0.15, 0.2) is 23.2 Å². The molecule has 0 spiro atoms. The van der Waals surface area contributed by atoms with E-state index in [9.17, 15) is 19.4 Å². The van der Waals surface area contributed by atoms with Gasteiger partial charge in [-0.2, -0.15) is 0 Å². The summed E-state index contributed by atoms with van der Waals surface area (Å²) in [5, 5.41) is 24.2. The molecule has 180 valence electrons. The van der Waals surface area contributed by atoms with Crippen LogP contribution >= 0.6 is 0 Å². The molecule has 10 nitrogen and oxygen atoms in total. The Morgan fingerprint density at radius 2 is 1.91 bits per heavy atom. The number of hydrogen-bond donors (Lipinski definition) is 3. The molecule has 0 amide bonds. The van der Waals surface area contributed by atoms with Crippen molar-refractivity contribution in [2.75, 3.05) is 11.9 Å². The van der Waals surface area contributed by atoms with Gasteiger partial charge in [-0.25, -0.2) is 24.1 Å². The van der Waals surface area contributed by atoms with Gasteiger partial charge in [-0.3, -0.25) is 4.57 Å². The predicted molar refractivity (Wildman–Crippen MR) is 122 cm³/mol. The maximum absolute atomic E-state index is 13.5. The highest BCUT2D eigenvalue weighted by molar-refractivity contribution is 5.89. The van der Waals surface area contributed by atoms with E-state index >= 15 is 0 Å². The number of esters is 1. The van der Waals surface area contributed by atoms with E-state index in [2.05, 4.69) is 20.3 Å². The molecule has 0 radical (unpaired) electrons. The number of carbonyl (C=O) groups excluding carboxylic acids is 1. The van der Waals surface area contributed by atoms with Gasteiger partial charge in [0.25, 0.3) is 0 Å². The molecule has 4 aromatic rings. The zero-order valence-corrected chi connectivity index (χ0v) is 18.4. The van der Waals surface area contributed by atoms with Gasteiger partial charge in [-0.05, 0) is 29.8 Å². The van der Waals surface area contributed by atoms with Crippen molar-refractivity contribution in [1.29, 1.82) is 0 Å². The van der Waals surface area contributed by atoms with Crippen LogP contribution in [-0.4, -0.2) is 60.6 Å². The maximum atomic E-state index is 13.5. The summed E-state index contributed by atoms with van der Waals surface area (Å²) in [4.78, 5) is 25.0. The van der Waals surface area contributed by atoms with Crippen LogP contribution in [0, 0.1) is 5.82 Å². The van der Waals surface area contributed by atoms with Crippen LogP contribution in [-0.2, 0) is 16.0 Å². The molecule has 1 saturated heterocycles. The second-order valence-corrected chi connectivity index (χ2v) is 8.04. The average Bonchev–Trinajstić information content (AvgIpc) is 3.43. The van der Waals surface area contributed by atoms with E-state index < -0.39 is 30.5 Å². The highest BCUT2D eigenvalue weighted by Gasteiger charge is 2.45. The van der Waals surface area contributed by atoms with E-state index in [1.165, 1.54) is 29.4 Å². The van der Waals surface area contributed by atoms with Crippen LogP contribution in [0.3, 0.4) is 0 Å². The van der Waals surface area contributed by atoms with Crippen LogP contribution < -0.4 is 5.32 Å². The molecule has 35 heavy (non-hydrogen) atoms. The Labute approximate surface area is 199 Å². The average molecular weight is 479 g/mol. The normalized spacial score (nSPS) is 21.8. The molecule has 11 heteroatoms. The van der Waals surface area contributed by atoms with Crippen molar-refractivity contribution in [2.24, 2.45) is 0 Å². The van der Waals surface area contributed by atoms with E-state index in [-0.39, 0.29) is 12.4 Å². The number of ether oxygens (including phenoxy) is 2. The van der Waals surface area contributed by atoms with Crippen molar-refractivity contribution in [2.45, 2.75) is 31.1 Å². The van der Waals surface area contributed by atoms with Crippen molar-refractivity contribution < 1.29 is 28.9 Å². The fourth-order valence-electron chi connectivity index (χ4n) is 3.91. The third-order valence-corrected chi connectivity index (χ3v) is 5.71. The molecule has 1 fully saturated rings. The Bertz CT molecular complexity index is 1330. The van der Waals surface area contributed by atoms with Crippen molar-refractivity contribution in [1.82, 2.24) is 19.5 Å². The molecule has 0 saturated carbocycles. The second kappa shape index (κ2) is 9.74. The molecule has 5 rings (SSSR count). The minimum atomic E-state index is -1.31. The van der Waals surface area contributed by atoms with Crippen LogP contribution in [0.25, 0.3) is 11.2 Å². The maximum Gasteiger partial charge on any atom is 0.338 e. The first-order valence-electron chi connectivity index (χ1n) is 10.9. The predicted octanol–water partition coefficient (Wildman–Crippen LogP) is 2.05. The third kappa shape index (κ3) is 4.69. The number of aromatic nitrogens is 4. The van der Waals surface area contributed by atoms with Gasteiger partial charge in [0.05, 0.1) is 11.9 Å². The lowest BCUT2D eigenvalue weighted by molar-refractivity contribution is -0.0565. The number of hydrogen-bond acceptors (Lipinski definition) is 9. The van der Waals surface area contributed by atoms with Crippen molar-refractivity contribution in [3.63, 3.8) is 0 Å². The lowest BCUT2D eigenvalue weighted by atomic mass is 10.1. The summed E-state index contributed by atoms with van der Waals surface area (Å²) in [6.45, 7) is 0.0668. The molecular formula is C24H22FN5O5. The molecule has 3 heterocycles. The molecule has 2 aromatic carbocycles. The van der Waals surface area contributed by atoms with Crippen LogP contribution in [0.15, 0.2) is 67.3 Å². The number of nitrogens with zero attached hydrogens (tertiary/aromatic N) is 4. The topological polar surface area (TPSA) is 132 Å². The first-order chi connectivity index (χ1) is 17.0. The molecule has 1 aliphatic rings. The minimum absolute atomic E-state index is 0.246. The lowest BCUT2D eigenvalue weighted by Crippen LogP contribution is -2.34. The number of anilines is 1. The van der Waals surface area contributed by atoms with Gasteiger partial charge in [-0.1, -0.05) is 30.3 Å². The summed E-state index contributed by atoms with van der Waals surface area (Å²) in [7, 11) is 0. The Morgan fingerprint density at radius 1 is 1.09 bits per heavy atom. The monoisotopic (exact) mass is 479 g/mol. The van der Waals surface area contributed by atoms with E-state index in [0.717, 1.165) is 5.56 Å². The standard InChI is InChI=1S/C24H22FN5O5/c25-16-8-4-5-14(9-16)10-26-21-18-22(28-12-27-21)30(13-29-18)23-20(32)19(31)17(35-23)11-34-24(33)15-6-2-1-3-7-15/h1-9,12-13,17,19-20,23,31-32H,10-11H2,(H,26,27,28)/t17-,19-,20-,23-/m1/s1. The quantitative estimate of drug-likeness (QED) is 0.341. The van der Waals surface area contributed by atoms with Crippen molar-refractivity contribution >= 4 is 23.0 Å². The summed E-state index contributed by atoms with van der Waals surface area (Å²) in [5.74, 6) is -0.482. The van der Waals surface area contributed by atoms with Crippen LogP contribution in [0.2, 0.25) is 0 Å². The number of benzene rings is 2. The minimum Gasteiger partial charge on any atom is -0.459 e. The van der Waals surface area contributed by atoms with Crippen molar-refractivity contribution in [3.8, 4) is 0 Å². The van der Waals surface area contributed by atoms with Gasteiger partial charge in [0.1, 0.15) is 37.1 Å². The number of fused-ring (bicyclic) bond motifs is 1. The first kappa shape index (κ1) is 22.8. The highest BCUT2D eigenvalue weighted by atomic mass is 19.1. The molecular weight excluding hydrogens is 457 g/mol. The SMILES string of the molecule is O=C(OC[C@H]1O[C@@H](n2cnc3c(NCc4cccc(F)c4)ncnc32)[C@H](O)[C@@H]1O)c1ccccc1. The summed E-state index contributed by atoms with van der Waals surface area (Å²) in [5.41, 5.74) is 1.86. The van der Waals surface area contributed by atoms with Gasteiger partial charge < -0.3 is 25.0 Å². The summed E-state index contributed by atoms with van der Waals surface area (Å²) >= 11 is 0. The summed E-state index contributed by atoms with van der Waals surface area (Å²) in [6, 6.07) is 14.6. The van der Waals surface area contributed by atoms with Crippen LogP contribution in [0.1, 0.15) is 22.1 Å². The third-order valence-electron chi connectivity index (χ3n) is 5.71. The molecule has 4 atom stereocenters. The number of rotatable bonds is 7. The Morgan fingerprint density at radius 3 is 2.71 bits per heavy atom. The Kier molecular flexibility index (Phi) is 6.36. The number of aliphatic hydroxyl groups is 2. The summed E-state index contributed by atoms with van der Waals surface area (Å²) < 4.78 is 26.0. The Balaban J connectivity index is 1.30. The number of aliphatic hydroxyl groups excluding tert-OH is 2. The zero-order chi connectivity index (χ0) is 24.4. The van der Waals surface area contributed by atoms with Crippen LogP contribution in [0.5, 0.6) is 0 Å². The van der Waals surface area contributed by atoms with E-state index in [4.69, 9.17) is 9.47 Å². The summed E-state index contributed by atoms with van der Waals surface area (Å²) in [6.07, 6.45) is -1.83. The Hall–Kier alpha value is -3.93. The fraction of sp³-hybridized carbons (Fsp3) is 0.250. The largest absolute Gasteiger partial charge is 0.459 e. The molecule has 0 bridgehead atoms. The van der Waals surface area contributed by atoms with Crippen molar-refractivity contribution in [3.05, 3.63) is 84.2 Å². The lowest BCUT2D eigenvalue weighted by Gasteiger charge is -2.16. The zero-order valence-electron chi connectivity index (χ0n) is 18.4.